The third-order valence-corrected chi connectivity index (χ3v) is 9.89. The van der Waals surface area contributed by atoms with E-state index < -0.39 is 0 Å². The van der Waals surface area contributed by atoms with Crippen molar-refractivity contribution in [2.45, 2.75) is 19.3 Å². The van der Waals surface area contributed by atoms with Crippen LogP contribution in [-0.4, -0.2) is 19.6 Å². The zero-order valence-electron chi connectivity index (χ0n) is 27.5. The van der Waals surface area contributed by atoms with E-state index in [1.165, 1.54) is 0 Å². The molecule has 50 heavy (non-hydrogen) atoms. The Morgan fingerprint density at radius 2 is 1.28 bits per heavy atom. The Kier molecular flexibility index (Phi) is 7.85. The van der Waals surface area contributed by atoms with E-state index in [1.807, 2.05) is 30.5 Å². The number of aromatic hydroxyl groups is 1. The van der Waals surface area contributed by atoms with Crippen LogP contribution in [0.5, 0.6) is 5.75 Å². The van der Waals surface area contributed by atoms with Crippen molar-refractivity contribution in [3.05, 3.63) is 169 Å². The molecule has 0 saturated carbocycles. The molecule has 244 valence electrons. The second kappa shape index (κ2) is 12.4. The molecule has 0 amide bonds. The van der Waals surface area contributed by atoms with Gasteiger partial charge in [0.25, 0.3) is 0 Å². The summed E-state index contributed by atoms with van der Waals surface area (Å²) < 4.78 is 2.23. The number of benzene rings is 6. The van der Waals surface area contributed by atoms with E-state index in [4.69, 9.17) is 9.97 Å². The second-order valence-electron chi connectivity index (χ2n) is 13.1. The molecule has 0 aliphatic heterocycles. The van der Waals surface area contributed by atoms with Crippen LogP contribution in [0.15, 0.2) is 152 Å². The third kappa shape index (κ3) is 5.02. The molecule has 1 N–H and O–H groups in total. The van der Waals surface area contributed by atoms with E-state index in [9.17, 15) is 5.11 Å². The largest absolute Gasteiger partial charge is 0.515 e. The van der Waals surface area contributed by atoms with Crippen LogP contribution in [0.25, 0.3) is 72.6 Å². The molecule has 5 heteroatoms. The Morgan fingerprint density at radius 1 is 0.640 bits per heavy atom. The van der Waals surface area contributed by atoms with E-state index in [0.29, 0.717) is 0 Å². The van der Waals surface area contributed by atoms with Crippen molar-refractivity contribution < 1.29 is 26.2 Å². The molecule has 0 atom stereocenters. The van der Waals surface area contributed by atoms with E-state index in [0.717, 1.165) is 83.7 Å². The molecule has 0 radical (unpaired) electrons. The molecule has 9 rings (SSSR count). The summed E-state index contributed by atoms with van der Waals surface area (Å²) in [6, 6.07) is 51.7. The minimum absolute atomic E-state index is 0. The van der Waals surface area contributed by atoms with Crippen LogP contribution in [0.3, 0.4) is 0 Å². The van der Waals surface area contributed by atoms with Gasteiger partial charge in [-0.15, -0.1) is 29.3 Å². The molecule has 4 nitrogen and oxygen atoms in total. The molecular formula is C45H32N3OPt-. The molecule has 0 spiro atoms. The zero-order chi connectivity index (χ0) is 33.1. The van der Waals surface area contributed by atoms with Crippen molar-refractivity contribution in [1.29, 1.82) is 0 Å². The van der Waals surface area contributed by atoms with Gasteiger partial charge in [-0.05, 0) is 34.2 Å². The minimum Gasteiger partial charge on any atom is -0.515 e. The number of aromatic nitrogens is 3. The quantitative estimate of drug-likeness (QED) is 0.176. The fourth-order valence-corrected chi connectivity index (χ4v) is 7.50. The van der Waals surface area contributed by atoms with Gasteiger partial charge in [-0.3, -0.25) is 9.97 Å². The van der Waals surface area contributed by atoms with Crippen LogP contribution in [0.1, 0.15) is 25.0 Å². The molecule has 2 aromatic heterocycles. The van der Waals surface area contributed by atoms with E-state index in [2.05, 4.69) is 140 Å². The fraction of sp³-hybridized carbons (Fsp3) is 0.0667. The van der Waals surface area contributed by atoms with Crippen molar-refractivity contribution in [2.75, 3.05) is 0 Å². The Labute approximate surface area is 306 Å². The van der Waals surface area contributed by atoms with Crippen LogP contribution in [0.4, 0.5) is 0 Å². The summed E-state index contributed by atoms with van der Waals surface area (Å²) in [5.74, 6) is 1.03. The summed E-state index contributed by atoms with van der Waals surface area (Å²) in [5.41, 5.74) is 12.7. The van der Waals surface area contributed by atoms with Gasteiger partial charge < -0.3 is 9.67 Å². The van der Waals surface area contributed by atoms with E-state index >= 15 is 0 Å². The zero-order valence-corrected chi connectivity index (χ0v) is 29.8. The van der Waals surface area contributed by atoms with E-state index in [1.54, 1.807) is 6.07 Å². The standard InChI is InChI=1S/C45H32N3O.Pt/c1-45(2)37-25-24-32(27-36(37)41-38(45)22-11-23-40(41)49)44-47-39(35-21-9-17-31-18-12-26-46-42(31)35)28-48(44)43-33(29-13-5-3-6-14-29)19-10-20-34(43)30-15-7-4-8-16-30;/h3-26,28,49H,1-2H3;/q-1;. The molecular weight excluding hydrogens is 794 g/mol. The number of hydrogen-bond acceptors (Lipinski definition) is 3. The van der Waals surface area contributed by atoms with Gasteiger partial charge in [0.1, 0.15) is 0 Å². The SMILES string of the molecule is CC1(C)c2ccc(-c3nc(-c4cccc5cccnc45)cn3-c3c(-c4ccccc4)cccc3-c3ccccc3)[c-]c2-c2c(O)cccc21.[Pt]. The Hall–Kier alpha value is -5.57. The number of hydrogen-bond donors (Lipinski definition) is 1. The van der Waals surface area contributed by atoms with Crippen LogP contribution in [-0.2, 0) is 26.5 Å². The average Bonchev–Trinajstić information content (AvgIpc) is 3.69. The Morgan fingerprint density at radius 3 is 2.00 bits per heavy atom. The molecule has 0 fully saturated rings. The van der Waals surface area contributed by atoms with Gasteiger partial charge in [-0.2, -0.15) is 0 Å². The molecule has 0 bridgehead atoms. The predicted molar refractivity (Wildman–Crippen MR) is 199 cm³/mol. The Balaban J connectivity index is 0.00000361. The van der Waals surface area contributed by atoms with Gasteiger partial charge in [0, 0.05) is 55.5 Å². The topological polar surface area (TPSA) is 50.9 Å². The number of phenolic OH excluding ortho intramolecular Hbond substituents is 1. The van der Waals surface area contributed by atoms with Crippen LogP contribution in [0.2, 0.25) is 0 Å². The summed E-state index contributed by atoms with van der Waals surface area (Å²) in [4.78, 5) is 10.2. The number of fused-ring (bicyclic) bond motifs is 4. The summed E-state index contributed by atoms with van der Waals surface area (Å²) >= 11 is 0. The van der Waals surface area contributed by atoms with Gasteiger partial charge in [0.05, 0.1) is 28.5 Å². The first-order valence-corrected chi connectivity index (χ1v) is 16.6. The van der Waals surface area contributed by atoms with Crippen molar-refractivity contribution in [3.8, 4) is 67.5 Å². The van der Waals surface area contributed by atoms with Gasteiger partial charge in [-0.25, -0.2) is 0 Å². The smallest absolute Gasteiger partial charge is 0.0904 e. The summed E-state index contributed by atoms with van der Waals surface area (Å²) in [7, 11) is 0. The fourth-order valence-electron chi connectivity index (χ4n) is 7.50. The first-order valence-electron chi connectivity index (χ1n) is 16.6. The second-order valence-corrected chi connectivity index (χ2v) is 13.1. The molecule has 8 aromatic rings. The van der Waals surface area contributed by atoms with Crippen LogP contribution < -0.4 is 0 Å². The number of phenols is 1. The summed E-state index contributed by atoms with van der Waals surface area (Å²) in [5, 5.41) is 12.2. The number of imidazole rings is 1. The van der Waals surface area contributed by atoms with Gasteiger partial charge >= 0.3 is 0 Å². The molecule has 1 aliphatic rings. The van der Waals surface area contributed by atoms with Gasteiger partial charge in [0.15, 0.2) is 0 Å². The van der Waals surface area contributed by atoms with Crippen molar-refractivity contribution >= 4 is 10.9 Å². The van der Waals surface area contributed by atoms with Crippen molar-refractivity contribution in [3.63, 3.8) is 0 Å². The van der Waals surface area contributed by atoms with Crippen LogP contribution in [0, 0.1) is 6.07 Å². The maximum absolute atomic E-state index is 11.1. The number of nitrogens with zero attached hydrogens (tertiary/aromatic N) is 3. The number of para-hydroxylation sites is 2. The number of rotatable bonds is 5. The average molecular weight is 826 g/mol. The first-order chi connectivity index (χ1) is 24.0. The van der Waals surface area contributed by atoms with Crippen molar-refractivity contribution in [1.82, 2.24) is 14.5 Å². The molecule has 1 aliphatic carbocycles. The van der Waals surface area contributed by atoms with Crippen LogP contribution >= 0.6 is 0 Å². The van der Waals surface area contributed by atoms with Gasteiger partial charge in [-0.1, -0.05) is 140 Å². The molecule has 0 unspecified atom stereocenters. The van der Waals surface area contributed by atoms with Gasteiger partial charge in [0.2, 0.25) is 0 Å². The predicted octanol–water partition coefficient (Wildman–Crippen LogP) is 10.9. The maximum atomic E-state index is 11.1. The minimum atomic E-state index is -0.270. The first kappa shape index (κ1) is 31.7. The monoisotopic (exact) mass is 825 g/mol. The molecule has 2 heterocycles. The summed E-state index contributed by atoms with van der Waals surface area (Å²) in [6.45, 7) is 4.42. The number of pyridine rings is 1. The maximum Gasteiger partial charge on any atom is 0.0904 e. The normalized spacial score (nSPS) is 12.7. The van der Waals surface area contributed by atoms with E-state index in [-0.39, 0.29) is 32.2 Å². The van der Waals surface area contributed by atoms with Crippen molar-refractivity contribution in [2.24, 2.45) is 0 Å². The summed E-state index contributed by atoms with van der Waals surface area (Å²) in [6.07, 6.45) is 3.98. The molecule has 0 saturated heterocycles. The Bertz CT molecular complexity index is 2470. The molecule has 6 aromatic carbocycles. The third-order valence-electron chi connectivity index (χ3n) is 9.89.